The fourth-order valence-corrected chi connectivity index (χ4v) is 4.01. The molecule has 2 saturated carbocycles. The molecule has 1 aromatic rings. The van der Waals surface area contributed by atoms with Gasteiger partial charge in [-0.1, -0.05) is 19.8 Å². The van der Waals surface area contributed by atoms with Gasteiger partial charge in [0.15, 0.2) is 0 Å². The van der Waals surface area contributed by atoms with Gasteiger partial charge in [0.05, 0.1) is 20.4 Å². The van der Waals surface area contributed by atoms with Gasteiger partial charge in [-0.15, -0.1) is 0 Å². The van der Waals surface area contributed by atoms with Gasteiger partial charge in [0.2, 0.25) is 5.91 Å². The molecule has 3 atom stereocenters. The molecule has 3 rings (SSSR count). The van der Waals surface area contributed by atoms with Crippen LogP contribution in [0.5, 0.6) is 11.5 Å². The third kappa shape index (κ3) is 2.92. The first-order chi connectivity index (χ1) is 11.1. The molecule has 0 saturated heterocycles. The highest BCUT2D eigenvalue weighted by molar-refractivity contribution is 5.87. The molecule has 1 amide bonds. The van der Waals surface area contributed by atoms with Crippen LogP contribution < -0.4 is 14.9 Å². The molecule has 0 aliphatic heterocycles. The summed E-state index contributed by atoms with van der Waals surface area (Å²) >= 11 is 0. The van der Waals surface area contributed by atoms with Crippen molar-refractivity contribution in [2.75, 3.05) is 14.2 Å². The second-order valence-electron chi connectivity index (χ2n) is 6.68. The van der Waals surface area contributed by atoms with Crippen molar-refractivity contribution in [3.05, 3.63) is 23.8 Å². The smallest absolute Gasteiger partial charge is 0.244 e. The highest BCUT2D eigenvalue weighted by Gasteiger charge is 2.64. The standard InChI is InChI=1S/C18H24N2O3/c1-18-9-5-4-6-14(18)16(18)17(21)20-19-11-12-7-8-13(22-2)10-15(12)23-3/h7-8,10-11,14,16H,4-6,9H2,1-3H3,(H,20,21)/b19-11-/t14-,16-,18-/m1/s1. The number of nitrogens with one attached hydrogen (secondary N) is 1. The van der Waals surface area contributed by atoms with Gasteiger partial charge in [-0.2, -0.15) is 5.10 Å². The Hall–Kier alpha value is -2.04. The molecule has 1 N–H and O–H groups in total. The number of carbonyl (C=O) groups excluding carboxylic acids is 1. The Kier molecular flexibility index (Phi) is 4.28. The van der Waals surface area contributed by atoms with Crippen LogP contribution in [0.25, 0.3) is 0 Å². The Morgan fingerprint density at radius 3 is 2.83 bits per heavy atom. The van der Waals surface area contributed by atoms with Crippen LogP contribution in [0.15, 0.2) is 23.3 Å². The quantitative estimate of drug-likeness (QED) is 0.671. The second kappa shape index (κ2) is 6.22. The number of nitrogens with zero attached hydrogens (tertiary/aromatic N) is 1. The Labute approximate surface area is 137 Å². The molecule has 2 aliphatic rings. The van der Waals surface area contributed by atoms with Crippen LogP contribution in [0.1, 0.15) is 38.2 Å². The zero-order chi connectivity index (χ0) is 16.4. The van der Waals surface area contributed by atoms with Gasteiger partial charge in [-0.05, 0) is 36.3 Å². The molecule has 23 heavy (non-hydrogen) atoms. The van der Waals surface area contributed by atoms with Gasteiger partial charge < -0.3 is 9.47 Å². The van der Waals surface area contributed by atoms with E-state index in [1.807, 2.05) is 12.1 Å². The molecule has 0 aromatic heterocycles. The molecular formula is C18H24N2O3. The van der Waals surface area contributed by atoms with Crippen LogP contribution in [0, 0.1) is 17.3 Å². The minimum absolute atomic E-state index is 0.0446. The van der Waals surface area contributed by atoms with Crippen molar-refractivity contribution in [1.29, 1.82) is 0 Å². The molecule has 0 unspecified atom stereocenters. The van der Waals surface area contributed by atoms with E-state index >= 15 is 0 Å². The first-order valence-electron chi connectivity index (χ1n) is 8.15. The summed E-state index contributed by atoms with van der Waals surface area (Å²) in [5.41, 5.74) is 3.70. The monoisotopic (exact) mass is 316 g/mol. The number of rotatable bonds is 5. The van der Waals surface area contributed by atoms with Crippen molar-refractivity contribution >= 4 is 12.1 Å². The summed E-state index contributed by atoms with van der Waals surface area (Å²) in [6.07, 6.45) is 6.43. The normalized spacial score (nSPS) is 29.0. The molecule has 1 aromatic carbocycles. The average molecular weight is 316 g/mol. The summed E-state index contributed by atoms with van der Waals surface area (Å²) in [6, 6.07) is 5.48. The summed E-state index contributed by atoms with van der Waals surface area (Å²) in [4.78, 5) is 12.3. The Morgan fingerprint density at radius 2 is 2.17 bits per heavy atom. The summed E-state index contributed by atoms with van der Waals surface area (Å²) < 4.78 is 10.5. The number of hydrogen-bond acceptors (Lipinski definition) is 4. The predicted molar refractivity (Wildman–Crippen MR) is 88.8 cm³/mol. The van der Waals surface area contributed by atoms with Crippen molar-refractivity contribution < 1.29 is 14.3 Å². The van der Waals surface area contributed by atoms with Crippen molar-refractivity contribution in [3.63, 3.8) is 0 Å². The first-order valence-corrected chi connectivity index (χ1v) is 8.15. The van der Waals surface area contributed by atoms with E-state index in [9.17, 15) is 4.79 Å². The van der Waals surface area contributed by atoms with E-state index < -0.39 is 0 Å². The van der Waals surface area contributed by atoms with Crippen molar-refractivity contribution in [3.8, 4) is 11.5 Å². The van der Waals surface area contributed by atoms with Crippen LogP contribution in [0.3, 0.4) is 0 Å². The second-order valence-corrected chi connectivity index (χ2v) is 6.68. The molecule has 5 nitrogen and oxygen atoms in total. The third-order valence-corrected chi connectivity index (χ3v) is 5.43. The number of hydrogen-bond donors (Lipinski definition) is 1. The zero-order valence-electron chi connectivity index (χ0n) is 14.0. The molecule has 0 spiro atoms. The molecule has 0 radical (unpaired) electrons. The zero-order valence-corrected chi connectivity index (χ0v) is 14.0. The average Bonchev–Trinajstić information content (AvgIpc) is 3.20. The number of amides is 1. The highest BCUT2D eigenvalue weighted by atomic mass is 16.5. The Morgan fingerprint density at radius 1 is 1.35 bits per heavy atom. The van der Waals surface area contributed by atoms with Crippen molar-refractivity contribution in [2.45, 2.75) is 32.6 Å². The summed E-state index contributed by atoms with van der Waals surface area (Å²) in [7, 11) is 3.21. The van der Waals surface area contributed by atoms with Crippen LogP contribution in [-0.2, 0) is 4.79 Å². The lowest BCUT2D eigenvalue weighted by Gasteiger charge is -2.15. The maximum Gasteiger partial charge on any atom is 0.244 e. The van der Waals surface area contributed by atoms with Gasteiger partial charge in [0, 0.05) is 17.5 Å². The highest BCUT2D eigenvalue weighted by Crippen LogP contribution is 2.66. The van der Waals surface area contributed by atoms with Gasteiger partial charge in [0.1, 0.15) is 11.5 Å². The lowest BCUT2D eigenvalue weighted by Crippen LogP contribution is -2.22. The van der Waals surface area contributed by atoms with Gasteiger partial charge in [-0.3, -0.25) is 4.79 Å². The van der Waals surface area contributed by atoms with E-state index in [2.05, 4.69) is 17.5 Å². The lowest BCUT2D eigenvalue weighted by molar-refractivity contribution is -0.123. The molecule has 124 valence electrons. The van der Waals surface area contributed by atoms with E-state index in [1.165, 1.54) is 19.3 Å². The topological polar surface area (TPSA) is 59.9 Å². The summed E-state index contributed by atoms with van der Waals surface area (Å²) in [5, 5.41) is 4.11. The fraction of sp³-hybridized carbons (Fsp3) is 0.556. The van der Waals surface area contributed by atoms with Gasteiger partial charge in [0.25, 0.3) is 0 Å². The largest absolute Gasteiger partial charge is 0.497 e. The van der Waals surface area contributed by atoms with Crippen LogP contribution in [0.2, 0.25) is 0 Å². The summed E-state index contributed by atoms with van der Waals surface area (Å²) in [6.45, 7) is 2.23. The predicted octanol–water partition coefficient (Wildman–Crippen LogP) is 2.98. The lowest BCUT2D eigenvalue weighted by atomic mass is 9.90. The molecule has 2 aliphatic carbocycles. The van der Waals surface area contributed by atoms with Crippen LogP contribution in [-0.4, -0.2) is 26.3 Å². The Bertz CT molecular complexity index is 629. The number of ether oxygens (including phenoxy) is 2. The molecule has 0 bridgehead atoms. The summed E-state index contributed by atoms with van der Waals surface area (Å²) in [5.74, 6) is 2.09. The van der Waals surface area contributed by atoms with Crippen LogP contribution in [0.4, 0.5) is 0 Å². The SMILES string of the molecule is COc1ccc(/C=N\NC(=O)[C@H]2[C@H]3CCCC[C@]32C)c(OC)c1. The molecule has 5 heteroatoms. The number of carbonyl (C=O) groups is 1. The maximum absolute atomic E-state index is 12.3. The molecular weight excluding hydrogens is 292 g/mol. The van der Waals surface area contributed by atoms with Crippen LogP contribution >= 0.6 is 0 Å². The van der Waals surface area contributed by atoms with Crippen molar-refractivity contribution in [2.24, 2.45) is 22.4 Å². The van der Waals surface area contributed by atoms with Gasteiger partial charge in [-0.25, -0.2) is 5.43 Å². The van der Waals surface area contributed by atoms with Gasteiger partial charge >= 0.3 is 0 Å². The molecule has 0 heterocycles. The number of methoxy groups -OCH3 is 2. The first kappa shape index (κ1) is 15.8. The fourth-order valence-electron chi connectivity index (χ4n) is 4.01. The van der Waals surface area contributed by atoms with E-state index in [4.69, 9.17) is 9.47 Å². The number of hydrazone groups is 1. The van der Waals surface area contributed by atoms with E-state index in [-0.39, 0.29) is 17.2 Å². The number of benzene rings is 1. The van der Waals surface area contributed by atoms with E-state index in [1.54, 1.807) is 26.5 Å². The van der Waals surface area contributed by atoms with E-state index in [0.29, 0.717) is 11.7 Å². The maximum atomic E-state index is 12.3. The Balaban J connectivity index is 1.62. The molecule has 2 fully saturated rings. The number of fused-ring (bicyclic) bond motifs is 1. The third-order valence-electron chi connectivity index (χ3n) is 5.43. The van der Waals surface area contributed by atoms with E-state index in [0.717, 1.165) is 17.7 Å². The minimum Gasteiger partial charge on any atom is -0.497 e. The van der Waals surface area contributed by atoms with Crippen molar-refractivity contribution in [1.82, 2.24) is 5.43 Å². The minimum atomic E-state index is 0.0446.